The molecule has 0 saturated heterocycles. The second-order valence-electron chi connectivity index (χ2n) is 6.36. The summed E-state index contributed by atoms with van der Waals surface area (Å²) in [5, 5.41) is 0.448. The molecule has 0 spiro atoms. The molecule has 0 radical (unpaired) electrons. The Labute approximate surface area is 173 Å². The van der Waals surface area contributed by atoms with Crippen molar-refractivity contribution in [2.75, 3.05) is 33.6 Å². The molecule has 0 amide bonds. The minimum absolute atomic E-state index is 0.142. The summed E-state index contributed by atoms with van der Waals surface area (Å²) in [7, 11) is 1.57. The molecule has 0 fully saturated rings. The predicted octanol–water partition coefficient (Wildman–Crippen LogP) is 5.30. The highest BCUT2D eigenvalue weighted by atomic mass is 79.9. The smallest absolute Gasteiger partial charge is 0.188 e. The highest BCUT2D eigenvalue weighted by molar-refractivity contribution is 9.10. The second kappa shape index (κ2) is 10.1. The van der Waals surface area contributed by atoms with Gasteiger partial charge in [-0.05, 0) is 45.6 Å². The standard InChI is InChI=1S/C21H23BrClNO3/c1-25-15-27-19-8-7-18(22)21(20(19)23)26-14-17-9-11-24(12-10-17)13-16-5-3-2-4-6-16/h2-9H,10-15H2,1H3. The first-order valence-electron chi connectivity index (χ1n) is 8.84. The lowest BCUT2D eigenvalue weighted by atomic mass is 10.1. The van der Waals surface area contributed by atoms with Crippen LogP contribution >= 0.6 is 27.5 Å². The number of rotatable bonds is 8. The summed E-state index contributed by atoms with van der Waals surface area (Å²) in [6.07, 6.45) is 3.24. The Bertz CT molecular complexity index is 782. The maximum atomic E-state index is 6.42. The topological polar surface area (TPSA) is 30.9 Å². The van der Waals surface area contributed by atoms with Crippen LogP contribution in [0.1, 0.15) is 12.0 Å². The van der Waals surface area contributed by atoms with Gasteiger partial charge in [0, 0.05) is 26.7 Å². The third kappa shape index (κ3) is 5.72. The van der Waals surface area contributed by atoms with Crippen molar-refractivity contribution < 1.29 is 14.2 Å². The van der Waals surface area contributed by atoms with E-state index in [1.165, 1.54) is 11.1 Å². The molecule has 0 bridgehead atoms. The van der Waals surface area contributed by atoms with Crippen molar-refractivity contribution in [3.63, 3.8) is 0 Å². The van der Waals surface area contributed by atoms with Gasteiger partial charge in [-0.15, -0.1) is 0 Å². The van der Waals surface area contributed by atoms with Crippen LogP contribution in [0, 0.1) is 0 Å². The Kier molecular flexibility index (Phi) is 7.59. The molecule has 1 aliphatic rings. The summed E-state index contributed by atoms with van der Waals surface area (Å²) in [5.74, 6) is 1.14. The molecular formula is C21H23BrClNO3. The fraction of sp³-hybridized carbons (Fsp3) is 0.333. The van der Waals surface area contributed by atoms with Gasteiger partial charge in [0.25, 0.3) is 0 Å². The van der Waals surface area contributed by atoms with E-state index in [-0.39, 0.29) is 6.79 Å². The number of hydrogen-bond donors (Lipinski definition) is 0. The summed E-state index contributed by atoms with van der Waals surface area (Å²) in [4.78, 5) is 2.43. The number of hydrogen-bond acceptors (Lipinski definition) is 4. The molecule has 0 aromatic heterocycles. The number of nitrogens with zero attached hydrogens (tertiary/aromatic N) is 1. The fourth-order valence-electron chi connectivity index (χ4n) is 2.92. The SMILES string of the molecule is COCOc1ccc(Br)c(OCC2=CCN(Cc3ccccc3)CC2)c1Cl. The van der Waals surface area contributed by atoms with E-state index in [9.17, 15) is 0 Å². The number of benzene rings is 2. The predicted molar refractivity (Wildman–Crippen MR) is 112 cm³/mol. The van der Waals surface area contributed by atoms with Gasteiger partial charge in [-0.1, -0.05) is 48.0 Å². The van der Waals surface area contributed by atoms with Crippen LogP contribution in [0.25, 0.3) is 0 Å². The third-order valence-electron chi connectivity index (χ3n) is 4.38. The van der Waals surface area contributed by atoms with Crippen LogP contribution in [0.15, 0.2) is 58.6 Å². The van der Waals surface area contributed by atoms with Crippen LogP contribution in [-0.2, 0) is 11.3 Å². The van der Waals surface area contributed by atoms with Crippen molar-refractivity contribution >= 4 is 27.5 Å². The number of halogens is 2. The number of methoxy groups -OCH3 is 1. The highest BCUT2D eigenvalue weighted by Crippen LogP contribution is 2.40. The van der Waals surface area contributed by atoms with Gasteiger partial charge in [0.1, 0.15) is 17.4 Å². The first kappa shape index (κ1) is 20.2. The molecule has 3 rings (SSSR count). The number of ether oxygens (including phenoxy) is 3. The van der Waals surface area contributed by atoms with E-state index in [0.717, 1.165) is 30.5 Å². The zero-order valence-corrected chi connectivity index (χ0v) is 17.6. The largest absolute Gasteiger partial charge is 0.486 e. The monoisotopic (exact) mass is 451 g/mol. The minimum atomic E-state index is 0.142. The maximum Gasteiger partial charge on any atom is 0.188 e. The lowest BCUT2D eigenvalue weighted by Crippen LogP contribution is -2.29. The van der Waals surface area contributed by atoms with Gasteiger partial charge in [0.05, 0.1) is 4.47 Å². The first-order chi connectivity index (χ1) is 13.2. The van der Waals surface area contributed by atoms with Gasteiger partial charge in [-0.2, -0.15) is 0 Å². The first-order valence-corrected chi connectivity index (χ1v) is 10.0. The molecule has 2 aromatic rings. The van der Waals surface area contributed by atoms with Crippen LogP contribution < -0.4 is 9.47 Å². The zero-order valence-electron chi connectivity index (χ0n) is 15.3. The van der Waals surface area contributed by atoms with Gasteiger partial charge in [0.2, 0.25) is 0 Å². The molecule has 144 valence electrons. The van der Waals surface area contributed by atoms with E-state index < -0.39 is 0 Å². The molecule has 1 heterocycles. The van der Waals surface area contributed by atoms with Crippen LogP contribution in [-0.4, -0.2) is 38.5 Å². The van der Waals surface area contributed by atoms with Crippen LogP contribution in [0.3, 0.4) is 0 Å². The second-order valence-corrected chi connectivity index (χ2v) is 7.59. The molecule has 4 nitrogen and oxygen atoms in total. The zero-order chi connectivity index (χ0) is 19.1. The average Bonchev–Trinajstić information content (AvgIpc) is 2.69. The Hall–Kier alpha value is -1.53. The Morgan fingerprint density at radius 2 is 1.93 bits per heavy atom. The van der Waals surface area contributed by atoms with Crippen LogP contribution in [0.5, 0.6) is 11.5 Å². The van der Waals surface area contributed by atoms with Gasteiger partial charge in [-0.25, -0.2) is 0 Å². The van der Waals surface area contributed by atoms with E-state index in [1.54, 1.807) is 13.2 Å². The highest BCUT2D eigenvalue weighted by Gasteiger charge is 2.16. The Morgan fingerprint density at radius 1 is 1.11 bits per heavy atom. The molecule has 0 unspecified atom stereocenters. The Morgan fingerprint density at radius 3 is 2.63 bits per heavy atom. The van der Waals surface area contributed by atoms with E-state index in [0.29, 0.717) is 23.1 Å². The molecule has 0 saturated carbocycles. The lowest BCUT2D eigenvalue weighted by molar-refractivity contribution is 0.0510. The van der Waals surface area contributed by atoms with Gasteiger partial charge >= 0.3 is 0 Å². The van der Waals surface area contributed by atoms with E-state index in [1.807, 2.05) is 12.1 Å². The van der Waals surface area contributed by atoms with Crippen LogP contribution in [0.2, 0.25) is 5.02 Å². The molecule has 0 atom stereocenters. The third-order valence-corrected chi connectivity index (χ3v) is 5.37. The minimum Gasteiger partial charge on any atom is -0.486 e. The van der Waals surface area contributed by atoms with Crippen molar-refractivity contribution in [3.8, 4) is 11.5 Å². The van der Waals surface area contributed by atoms with Crippen molar-refractivity contribution in [1.82, 2.24) is 4.90 Å². The summed E-state index contributed by atoms with van der Waals surface area (Å²) < 4.78 is 17.2. The lowest BCUT2D eigenvalue weighted by Gasteiger charge is -2.26. The summed E-state index contributed by atoms with van der Waals surface area (Å²) in [5.41, 5.74) is 2.62. The summed E-state index contributed by atoms with van der Waals surface area (Å²) in [6.45, 7) is 3.59. The van der Waals surface area contributed by atoms with Gasteiger partial charge in [0.15, 0.2) is 12.5 Å². The van der Waals surface area contributed by atoms with E-state index >= 15 is 0 Å². The Balaban J connectivity index is 1.56. The molecule has 0 N–H and O–H groups in total. The molecule has 27 heavy (non-hydrogen) atoms. The van der Waals surface area contributed by atoms with E-state index in [4.69, 9.17) is 25.8 Å². The molecule has 1 aliphatic heterocycles. The molecule has 0 aliphatic carbocycles. The van der Waals surface area contributed by atoms with Gasteiger partial charge in [-0.3, -0.25) is 4.90 Å². The normalized spacial score (nSPS) is 14.7. The van der Waals surface area contributed by atoms with Crippen LogP contribution in [0.4, 0.5) is 0 Å². The summed E-state index contributed by atoms with van der Waals surface area (Å²) >= 11 is 9.91. The van der Waals surface area contributed by atoms with Crippen molar-refractivity contribution in [3.05, 3.63) is 69.2 Å². The maximum absolute atomic E-state index is 6.42. The van der Waals surface area contributed by atoms with E-state index in [2.05, 4.69) is 51.2 Å². The van der Waals surface area contributed by atoms with Crippen molar-refractivity contribution in [1.29, 1.82) is 0 Å². The quantitative estimate of drug-likeness (QED) is 0.402. The van der Waals surface area contributed by atoms with Gasteiger partial charge < -0.3 is 14.2 Å². The molecule has 6 heteroatoms. The van der Waals surface area contributed by atoms with Crippen molar-refractivity contribution in [2.45, 2.75) is 13.0 Å². The summed E-state index contributed by atoms with van der Waals surface area (Å²) in [6, 6.07) is 14.2. The fourth-order valence-corrected chi connectivity index (χ4v) is 3.75. The molecular weight excluding hydrogens is 430 g/mol. The molecule has 2 aromatic carbocycles. The van der Waals surface area contributed by atoms with Crippen molar-refractivity contribution in [2.24, 2.45) is 0 Å². The average molecular weight is 453 g/mol.